The number of nitrogens with two attached hydrogens (primary N) is 1. The molecular weight excluding hydrogens is 393 g/mol. The van der Waals surface area contributed by atoms with Gasteiger partial charge in [0.1, 0.15) is 6.33 Å². The minimum Gasteiger partial charge on any atom is -0.477 e. The molecule has 7 nitrogen and oxygen atoms in total. The van der Waals surface area contributed by atoms with E-state index in [0.29, 0.717) is 30.2 Å². The summed E-state index contributed by atoms with van der Waals surface area (Å²) in [4.78, 5) is 18.9. The van der Waals surface area contributed by atoms with Crippen molar-refractivity contribution in [3.63, 3.8) is 0 Å². The van der Waals surface area contributed by atoms with Crippen molar-refractivity contribution in [1.82, 2.24) is 19.3 Å². The Morgan fingerprint density at radius 3 is 2.90 bits per heavy atom. The largest absolute Gasteiger partial charge is 0.477 e. The Morgan fingerprint density at radius 2 is 2.21 bits per heavy atom. The fourth-order valence-electron chi connectivity index (χ4n) is 2.81. The lowest BCUT2D eigenvalue weighted by molar-refractivity contribution is 0.288. The Balaban J connectivity index is 1.41. The van der Waals surface area contributed by atoms with Crippen molar-refractivity contribution in [2.75, 3.05) is 13.2 Å². The topological polar surface area (TPSA) is 88.0 Å². The second-order valence-electron chi connectivity index (χ2n) is 7.08. The van der Waals surface area contributed by atoms with Crippen LogP contribution in [0, 0.1) is 5.92 Å². The highest BCUT2D eigenvalue weighted by molar-refractivity contribution is 7.15. The highest BCUT2D eigenvalue weighted by Gasteiger charge is 2.22. The molecule has 4 rings (SSSR count). The molecule has 3 aromatic rings. The SMILES string of the molecule is NC/C(=C\F)Cn1ncn(Cc2ccc(-c3ccc(OCC4CC4)nc3)s2)c1=O. The van der Waals surface area contributed by atoms with Gasteiger partial charge in [0.25, 0.3) is 0 Å². The molecule has 152 valence electrons. The third kappa shape index (κ3) is 4.80. The molecule has 0 amide bonds. The molecule has 0 spiro atoms. The van der Waals surface area contributed by atoms with Gasteiger partial charge in [-0.1, -0.05) is 0 Å². The molecule has 0 atom stereocenters. The second kappa shape index (κ2) is 8.71. The number of hydrogen-bond donors (Lipinski definition) is 1. The molecule has 3 heterocycles. The maximum Gasteiger partial charge on any atom is 0.346 e. The molecule has 0 unspecified atom stereocenters. The predicted molar refractivity (Wildman–Crippen MR) is 110 cm³/mol. The monoisotopic (exact) mass is 415 g/mol. The van der Waals surface area contributed by atoms with Crippen molar-refractivity contribution in [2.45, 2.75) is 25.9 Å². The van der Waals surface area contributed by atoms with Gasteiger partial charge in [0.2, 0.25) is 5.88 Å². The van der Waals surface area contributed by atoms with E-state index in [1.165, 1.54) is 28.4 Å². The molecule has 29 heavy (non-hydrogen) atoms. The van der Waals surface area contributed by atoms with Gasteiger partial charge in [0.15, 0.2) is 0 Å². The maximum atomic E-state index is 12.7. The summed E-state index contributed by atoms with van der Waals surface area (Å²) in [5, 5.41) is 4.04. The van der Waals surface area contributed by atoms with Gasteiger partial charge in [0, 0.05) is 34.1 Å². The molecule has 1 aliphatic carbocycles. The number of rotatable bonds is 9. The van der Waals surface area contributed by atoms with Crippen LogP contribution in [0.15, 0.2) is 53.5 Å². The zero-order valence-electron chi connectivity index (χ0n) is 15.8. The number of halogens is 1. The Morgan fingerprint density at radius 1 is 1.34 bits per heavy atom. The molecule has 1 fully saturated rings. The molecule has 9 heteroatoms. The summed E-state index contributed by atoms with van der Waals surface area (Å²) in [7, 11) is 0. The number of pyridine rings is 1. The van der Waals surface area contributed by atoms with Crippen LogP contribution in [0.2, 0.25) is 0 Å². The van der Waals surface area contributed by atoms with Crippen molar-refractivity contribution in [1.29, 1.82) is 0 Å². The van der Waals surface area contributed by atoms with E-state index in [9.17, 15) is 9.18 Å². The molecule has 1 aliphatic rings. The van der Waals surface area contributed by atoms with E-state index >= 15 is 0 Å². The molecule has 0 aliphatic heterocycles. The third-order valence-electron chi connectivity index (χ3n) is 4.74. The van der Waals surface area contributed by atoms with Crippen LogP contribution < -0.4 is 16.2 Å². The van der Waals surface area contributed by atoms with Gasteiger partial charge in [-0.05, 0) is 42.5 Å². The summed E-state index contributed by atoms with van der Waals surface area (Å²) in [6, 6.07) is 7.87. The highest BCUT2D eigenvalue weighted by atomic mass is 32.1. The van der Waals surface area contributed by atoms with Crippen LogP contribution in [-0.4, -0.2) is 32.5 Å². The molecule has 0 radical (unpaired) electrons. The first kappa shape index (κ1) is 19.5. The third-order valence-corrected chi connectivity index (χ3v) is 5.86. The minimum absolute atomic E-state index is 0.0442. The average Bonchev–Trinajstić information content (AvgIpc) is 3.37. The molecule has 3 aromatic heterocycles. The summed E-state index contributed by atoms with van der Waals surface area (Å²) in [6.45, 7) is 1.24. The normalized spacial score (nSPS) is 14.3. The van der Waals surface area contributed by atoms with Gasteiger partial charge < -0.3 is 10.5 Å². The van der Waals surface area contributed by atoms with Gasteiger partial charge >= 0.3 is 5.69 Å². The zero-order valence-corrected chi connectivity index (χ0v) is 16.6. The van der Waals surface area contributed by atoms with E-state index in [4.69, 9.17) is 10.5 Å². The van der Waals surface area contributed by atoms with Crippen LogP contribution in [0.4, 0.5) is 4.39 Å². The average molecular weight is 415 g/mol. The van der Waals surface area contributed by atoms with Gasteiger partial charge in [-0.3, -0.25) is 4.57 Å². The van der Waals surface area contributed by atoms with Crippen LogP contribution in [0.25, 0.3) is 10.4 Å². The van der Waals surface area contributed by atoms with Crippen LogP contribution in [0.5, 0.6) is 5.88 Å². The number of aromatic nitrogens is 4. The number of nitrogens with zero attached hydrogens (tertiary/aromatic N) is 4. The van der Waals surface area contributed by atoms with Crippen molar-refractivity contribution in [3.05, 3.63) is 64.1 Å². The Bertz CT molecular complexity index is 1050. The van der Waals surface area contributed by atoms with E-state index in [-0.39, 0.29) is 18.8 Å². The Labute approximate surface area is 171 Å². The van der Waals surface area contributed by atoms with E-state index < -0.39 is 0 Å². The first-order valence-electron chi connectivity index (χ1n) is 9.44. The minimum atomic E-state index is -0.299. The summed E-state index contributed by atoms with van der Waals surface area (Å²) >= 11 is 1.59. The lowest BCUT2D eigenvalue weighted by Crippen LogP contribution is -2.26. The second-order valence-corrected chi connectivity index (χ2v) is 8.24. The summed E-state index contributed by atoms with van der Waals surface area (Å²) in [5.41, 5.74) is 6.46. The van der Waals surface area contributed by atoms with Gasteiger partial charge in [-0.15, -0.1) is 11.3 Å². The van der Waals surface area contributed by atoms with Gasteiger partial charge in [-0.2, -0.15) is 5.10 Å². The van der Waals surface area contributed by atoms with E-state index in [1.54, 1.807) is 17.5 Å². The summed E-state index contributed by atoms with van der Waals surface area (Å²) in [5.74, 6) is 1.34. The first-order valence-corrected chi connectivity index (χ1v) is 10.3. The Kier molecular flexibility index (Phi) is 5.86. The molecular formula is C20H22FN5O2S. The molecule has 0 bridgehead atoms. The van der Waals surface area contributed by atoms with Crippen molar-refractivity contribution < 1.29 is 9.13 Å². The molecule has 1 saturated carbocycles. The predicted octanol–water partition coefficient (Wildman–Crippen LogP) is 2.82. The van der Waals surface area contributed by atoms with Gasteiger partial charge in [0.05, 0.1) is 26.0 Å². The van der Waals surface area contributed by atoms with Gasteiger partial charge in [-0.25, -0.2) is 18.9 Å². The van der Waals surface area contributed by atoms with Crippen molar-refractivity contribution >= 4 is 11.3 Å². The zero-order chi connectivity index (χ0) is 20.2. The highest BCUT2D eigenvalue weighted by Crippen LogP contribution is 2.31. The molecule has 0 saturated heterocycles. The smallest absolute Gasteiger partial charge is 0.346 e. The van der Waals surface area contributed by atoms with E-state index in [2.05, 4.69) is 10.1 Å². The van der Waals surface area contributed by atoms with Crippen molar-refractivity contribution in [2.24, 2.45) is 11.7 Å². The maximum absolute atomic E-state index is 12.7. The van der Waals surface area contributed by atoms with E-state index in [1.807, 2.05) is 24.3 Å². The number of ether oxygens (including phenoxy) is 1. The summed E-state index contributed by atoms with van der Waals surface area (Å²) in [6.07, 6.45) is 6.19. The van der Waals surface area contributed by atoms with Crippen LogP contribution >= 0.6 is 11.3 Å². The fourth-order valence-corrected chi connectivity index (χ4v) is 3.81. The Hall–Kier alpha value is -2.78. The fraction of sp³-hybridized carbons (Fsp3) is 0.350. The van der Waals surface area contributed by atoms with Crippen LogP contribution in [-0.2, 0) is 13.1 Å². The number of hydrogen-bond acceptors (Lipinski definition) is 6. The lowest BCUT2D eigenvalue weighted by atomic mass is 10.2. The standard InChI is InChI=1S/C20H22FN5O2S/c21-7-15(8-22)10-26-20(27)25(13-24-26)11-17-4-5-18(29-17)16-3-6-19(23-9-16)28-12-14-1-2-14/h3-7,9,13-14H,1-2,8,10-12,22H2/b15-7+. The van der Waals surface area contributed by atoms with E-state index in [0.717, 1.165) is 21.9 Å². The quantitative estimate of drug-likeness (QED) is 0.581. The lowest BCUT2D eigenvalue weighted by Gasteiger charge is -2.04. The first-order chi connectivity index (χ1) is 14.2. The summed E-state index contributed by atoms with van der Waals surface area (Å²) < 4.78 is 21.1. The molecule has 0 aromatic carbocycles. The van der Waals surface area contributed by atoms with Crippen LogP contribution in [0.3, 0.4) is 0 Å². The molecule has 2 N–H and O–H groups in total. The van der Waals surface area contributed by atoms with Crippen LogP contribution in [0.1, 0.15) is 17.7 Å². The number of thiophene rings is 1. The van der Waals surface area contributed by atoms with Crippen molar-refractivity contribution in [3.8, 4) is 16.3 Å².